The van der Waals surface area contributed by atoms with Crippen LogP contribution in [0.3, 0.4) is 0 Å². The highest BCUT2D eigenvalue weighted by molar-refractivity contribution is 5.37. The third-order valence-corrected chi connectivity index (χ3v) is 2.67. The van der Waals surface area contributed by atoms with Crippen LogP contribution in [0.15, 0.2) is 12.4 Å². The van der Waals surface area contributed by atoms with Crippen molar-refractivity contribution in [3.8, 4) is 0 Å². The van der Waals surface area contributed by atoms with E-state index in [4.69, 9.17) is 5.73 Å². The molecular weight excluding hydrogens is 200 g/mol. The SMILES string of the molecule is CC(C)c1cc(NC(CN)C(C)C)ncn1. The van der Waals surface area contributed by atoms with Gasteiger partial charge in [0.2, 0.25) is 0 Å². The summed E-state index contributed by atoms with van der Waals surface area (Å²) in [5.74, 6) is 1.77. The minimum Gasteiger partial charge on any atom is -0.366 e. The van der Waals surface area contributed by atoms with Crippen molar-refractivity contribution in [3.63, 3.8) is 0 Å². The van der Waals surface area contributed by atoms with E-state index in [1.54, 1.807) is 6.33 Å². The van der Waals surface area contributed by atoms with E-state index >= 15 is 0 Å². The molecule has 0 aromatic carbocycles. The van der Waals surface area contributed by atoms with E-state index in [0.717, 1.165) is 11.5 Å². The normalized spacial score (nSPS) is 13.2. The van der Waals surface area contributed by atoms with Crippen LogP contribution in [0.1, 0.15) is 39.3 Å². The lowest BCUT2D eigenvalue weighted by molar-refractivity contribution is 0.529. The first kappa shape index (κ1) is 12.9. The molecule has 1 rings (SSSR count). The summed E-state index contributed by atoms with van der Waals surface area (Å²) in [5, 5.41) is 3.35. The zero-order valence-corrected chi connectivity index (χ0v) is 10.6. The van der Waals surface area contributed by atoms with E-state index in [2.05, 4.69) is 43.0 Å². The van der Waals surface area contributed by atoms with Crippen LogP contribution in [0.2, 0.25) is 0 Å². The summed E-state index contributed by atoms with van der Waals surface area (Å²) in [6.45, 7) is 9.15. The Bertz CT molecular complexity index is 323. The predicted molar refractivity (Wildman–Crippen MR) is 67.4 cm³/mol. The van der Waals surface area contributed by atoms with Crippen molar-refractivity contribution in [1.29, 1.82) is 0 Å². The zero-order chi connectivity index (χ0) is 12.1. The first-order chi connectivity index (χ1) is 7.54. The summed E-state index contributed by atoms with van der Waals surface area (Å²) < 4.78 is 0. The van der Waals surface area contributed by atoms with Crippen LogP contribution in [0.4, 0.5) is 5.82 Å². The smallest absolute Gasteiger partial charge is 0.129 e. The number of aromatic nitrogens is 2. The minimum atomic E-state index is 0.259. The molecule has 0 spiro atoms. The Morgan fingerprint density at radius 1 is 1.25 bits per heavy atom. The van der Waals surface area contributed by atoms with Crippen LogP contribution in [-0.4, -0.2) is 22.6 Å². The Kier molecular flexibility index (Phi) is 4.68. The van der Waals surface area contributed by atoms with Crippen molar-refractivity contribution < 1.29 is 0 Å². The highest BCUT2D eigenvalue weighted by Crippen LogP contribution is 2.15. The fourth-order valence-electron chi connectivity index (χ4n) is 1.45. The number of nitrogens with zero attached hydrogens (tertiary/aromatic N) is 2. The molecule has 0 saturated heterocycles. The Morgan fingerprint density at radius 2 is 1.94 bits per heavy atom. The largest absolute Gasteiger partial charge is 0.366 e. The van der Waals surface area contributed by atoms with Crippen LogP contribution in [-0.2, 0) is 0 Å². The van der Waals surface area contributed by atoms with Crippen molar-refractivity contribution in [2.24, 2.45) is 11.7 Å². The van der Waals surface area contributed by atoms with Gasteiger partial charge in [-0.15, -0.1) is 0 Å². The lowest BCUT2D eigenvalue weighted by Crippen LogP contribution is -2.34. The Labute approximate surface area is 97.7 Å². The molecular formula is C12H22N4. The highest BCUT2D eigenvalue weighted by Gasteiger charge is 2.12. The zero-order valence-electron chi connectivity index (χ0n) is 10.6. The molecule has 90 valence electrons. The molecule has 0 amide bonds. The molecule has 0 fully saturated rings. The van der Waals surface area contributed by atoms with E-state index in [9.17, 15) is 0 Å². The summed E-state index contributed by atoms with van der Waals surface area (Å²) >= 11 is 0. The lowest BCUT2D eigenvalue weighted by Gasteiger charge is -2.21. The van der Waals surface area contributed by atoms with Crippen molar-refractivity contribution in [3.05, 3.63) is 18.1 Å². The molecule has 4 nitrogen and oxygen atoms in total. The molecule has 1 aromatic rings. The summed E-state index contributed by atoms with van der Waals surface area (Å²) in [5.41, 5.74) is 6.77. The number of anilines is 1. The number of rotatable bonds is 5. The van der Waals surface area contributed by atoms with E-state index in [0.29, 0.717) is 18.4 Å². The molecule has 0 bridgehead atoms. The van der Waals surface area contributed by atoms with Gasteiger partial charge >= 0.3 is 0 Å². The van der Waals surface area contributed by atoms with Gasteiger partial charge in [-0.05, 0) is 11.8 Å². The Balaban J connectivity index is 2.76. The molecule has 3 N–H and O–H groups in total. The van der Waals surface area contributed by atoms with Gasteiger partial charge in [-0.1, -0.05) is 27.7 Å². The van der Waals surface area contributed by atoms with Gasteiger partial charge in [0.15, 0.2) is 0 Å². The number of nitrogens with one attached hydrogen (secondary N) is 1. The fraction of sp³-hybridized carbons (Fsp3) is 0.667. The third kappa shape index (κ3) is 3.45. The first-order valence-corrected chi connectivity index (χ1v) is 5.83. The average molecular weight is 222 g/mol. The summed E-state index contributed by atoms with van der Waals surface area (Å²) in [6.07, 6.45) is 1.60. The van der Waals surface area contributed by atoms with E-state index < -0.39 is 0 Å². The van der Waals surface area contributed by atoms with E-state index in [1.165, 1.54) is 0 Å². The van der Waals surface area contributed by atoms with E-state index in [1.807, 2.05) is 6.07 Å². The standard InChI is InChI=1S/C12H22N4/c1-8(2)10-5-12(15-7-14-10)16-11(6-13)9(3)4/h5,7-9,11H,6,13H2,1-4H3,(H,14,15,16). The van der Waals surface area contributed by atoms with Crippen molar-refractivity contribution in [2.75, 3.05) is 11.9 Å². The van der Waals surface area contributed by atoms with Gasteiger partial charge in [-0.3, -0.25) is 0 Å². The second-order valence-electron chi connectivity index (χ2n) is 4.71. The fourth-order valence-corrected chi connectivity index (χ4v) is 1.45. The molecule has 1 aromatic heterocycles. The van der Waals surface area contributed by atoms with E-state index in [-0.39, 0.29) is 6.04 Å². The summed E-state index contributed by atoms with van der Waals surface area (Å²) in [7, 11) is 0. The third-order valence-electron chi connectivity index (χ3n) is 2.67. The highest BCUT2D eigenvalue weighted by atomic mass is 15.0. The quantitative estimate of drug-likeness (QED) is 0.799. The van der Waals surface area contributed by atoms with Crippen LogP contribution in [0.5, 0.6) is 0 Å². The van der Waals surface area contributed by atoms with Crippen molar-refractivity contribution in [2.45, 2.75) is 39.7 Å². The van der Waals surface area contributed by atoms with Crippen LogP contribution in [0, 0.1) is 5.92 Å². The molecule has 1 heterocycles. The number of nitrogens with two attached hydrogens (primary N) is 1. The van der Waals surface area contributed by atoms with Gasteiger partial charge in [0.1, 0.15) is 12.1 Å². The second-order valence-corrected chi connectivity index (χ2v) is 4.71. The average Bonchev–Trinajstić information content (AvgIpc) is 2.25. The van der Waals surface area contributed by atoms with Crippen LogP contribution in [0.25, 0.3) is 0 Å². The van der Waals surface area contributed by atoms with Crippen molar-refractivity contribution >= 4 is 5.82 Å². The van der Waals surface area contributed by atoms with Gasteiger partial charge in [-0.25, -0.2) is 9.97 Å². The second kappa shape index (κ2) is 5.80. The van der Waals surface area contributed by atoms with Gasteiger partial charge in [0.25, 0.3) is 0 Å². The molecule has 16 heavy (non-hydrogen) atoms. The van der Waals surface area contributed by atoms with Crippen LogP contribution < -0.4 is 11.1 Å². The Morgan fingerprint density at radius 3 is 2.44 bits per heavy atom. The molecule has 0 aliphatic rings. The molecule has 0 aliphatic heterocycles. The number of hydrogen-bond acceptors (Lipinski definition) is 4. The Hall–Kier alpha value is -1.16. The lowest BCUT2D eigenvalue weighted by atomic mass is 10.0. The molecule has 4 heteroatoms. The maximum atomic E-state index is 5.71. The number of hydrogen-bond donors (Lipinski definition) is 2. The van der Waals surface area contributed by atoms with Gasteiger partial charge in [0, 0.05) is 24.3 Å². The first-order valence-electron chi connectivity index (χ1n) is 5.83. The topological polar surface area (TPSA) is 63.8 Å². The molecule has 0 saturated carbocycles. The molecule has 1 unspecified atom stereocenters. The maximum Gasteiger partial charge on any atom is 0.129 e. The molecule has 0 radical (unpaired) electrons. The van der Waals surface area contributed by atoms with Gasteiger partial charge in [0.05, 0.1) is 0 Å². The van der Waals surface area contributed by atoms with Crippen LogP contribution >= 0.6 is 0 Å². The monoisotopic (exact) mass is 222 g/mol. The molecule has 1 atom stereocenters. The summed E-state index contributed by atoms with van der Waals surface area (Å²) in [4.78, 5) is 8.45. The predicted octanol–water partition coefficient (Wildman–Crippen LogP) is 2.00. The molecule has 0 aliphatic carbocycles. The summed E-state index contributed by atoms with van der Waals surface area (Å²) in [6, 6.07) is 2.25. The maximum absolute atomic E-state index is 5.71. The van der Waals surface area contributed by atoms with Gasteiger partial charge < -0.3 is 11.1 Å². The minimum absolute atomic E-state index is 0.259. The van der Waals surface area contributed by atoms with Gasteiger partial charge in [-0.2, -0.15) is 0 Å². The van der Waals surface area contributed by atoms with Crippen molar-refractivity contribution in [1.82, 2.24) is 9.97 Å².